The van der Waals surface area contributed by atoms with Crippen LogP contribution in [0.25, 0.3) is 0 Å². The van der Waals surface area contributed by atoms with Gasteiger partial charge in [0.25, 0.3) is 5.91 Å². The average Bonchev–Trinajstić information content (AvgIpc) is 2.71. The molecule has 1 atom stereocenters. The molecule has 7 nitrogen and oxygen atoms in total. The van der Waals surface area contributed by atoms with Crippen LogP contribution in [-0.2, 0) is 21.2 Å². The monoisotopic (exact) mass is 401 g/mol. The molecule has 8 heteroatoms. The highest BCUT2D eigenvalue weighted by molar-refractivity contribution is 7.89. The molecular weight excluding hydrogens is 378 g/mol. The molecule has 28 heavy (non-hydrogen) atoms. The molecule has 0 aliphatic heterocycles. The minimum atomic E-state index is -3.65. The lowest BCUT2D eigenvalue weighted by Gasteiger charge is -2.24. The van der Waals surface area contributed by atoms with Crippen molar-refractivity contribution in [3.8, 4) is 0 Å². The molecule has 0 saturated heterocycles. The summed E-state index contributed by atoms with van der Waals surface area (Å²) in [5, 5.41) is 0. The largest absolute Gasteiger partial charge is 0.273 e. The van der Waals surface area contributed by atoms with Gasteiger partial charge in [0, 0.05) is 19.7 Å². The highest BCUT2D eigenvalue weighted by Gasteiger charge is 2.26. The van der Waals surface area contributed by atoms with Crippen molar-refractivity contribution >= 4 is 21.8 Å². The summed E-state index contributed by atoms with van der Waals surface area (Å²) < 4.78 is 25.5. The normalized spacial score (nSPS) is 16.3. The van der Waals surface area contributed by atoms with Crippen LogP contribution in [0, 0.1) is 0 Å². The Labute approximate surface area is 164 Å². The van der Waals surface area contributed by atoms with Crippen molar-refractivity contribution in [2.75, 3.05) is 14.1 Å². The second-order valence-electron chi connectivity index (χ2n) is 6.90. The van der Waals surface area contributed by atoms with Gasteiger partial charge in [-0.1, -0.05) is 30.3 Å². The molecule has 3 rings (SSSR count). The number of carbonyl (C=O) groups is 2. The Morgan fingerprint density at radius 2 is 1.79 bits per heavy atom. The van der Waals surface area contributed by atoms with Crippen LogP contribution in [0.2, 0.25) is 0 Å². The maximum Gasteiger partial charge on any atom is 0.269 e. The van der Waals surface area contributed by atoms with Crippen LogP contribution in [0.3, 0.4) is 0 Å². The van der Waals surface area contributed by atoms with Gasteiger partial charge < -0.3 is 0 Å². The summed E-state index contributed by atoms with van der Waals surface area (Å²) in [5.74, 6) is -1.17. The van der Waals surface area contributed by atoms with Crippen LogP contribution in [0.15, 0.2) is 53.4 Å². The van der Waals surface area contributed by atoms with Crippen LogP contribution < -0.4 is 10.9 Å². The minimum absolute atomic E-state index is 0.0117. The molecular formula is C20H23N3O4S. The number of sulfonamides is 1. The third-order valence-electron chi connectivity index (χ3n) is 4.86. The van der Waals surface area contributed by atoms with Crippen molar-refractivity contribution < 1.29 is 18.0 Å². The highest BCUT2D eigenvalue weighted by Crippen LogP contribution is 2.31. The molecule has 2 amide bonds. The lowest BCUT2D eigenvalue weighted by Crippen LogP contribution is -2.44. The molecule has 1 aliphatic rings. The molecule has 0 unspecified atom stereocenters. The number of nitrogens with zero attached hydrogens (tertiary/aromatic N) is 1. The number of carbonyl (C=O) groups excluding carboxylic acids is 2. The van der Waals surface area contributed by atoms with E-state index in [1.807, 2.05) is 24.3 Å². The number of benzene rings is 2. The van der Waals surface area contributed by atoms with Crippen LogP contribution in [0.5, 0.6) is 0 Å². The molecule has 2 N–H and O–H groups in total. The summed E-state index contributed by atoms with van der Waals surface area (Å²) in [6.07, 6.45) is 2.57. The van der Waals surface area contributed by atoms with Crippen LogP contribution in [0.4, 0.5) is 0 Å². The zero-order chi connectivity index (χ0) is 20.3. The summed E-state index contributed by atoms with van der Waals surface area (Å²) in [6, 6.07) is 13.5. The van der Waals surface area contributed by atoms with Crippen LogP contribution in [-0.4, -0.2) is 38.6 Å². The molecule has 0 radical (unpaired) electrons. The molecule has 2 aromatic carbocycles. The van der Waals surface area contributed by atoms with E-state index in [1.54, 1.807) is 0 Å². The van der Waals surface area contributed by atoms with Gasteiger partial charge in [0.1, 0.15) is 0 Å². The Kier molecular flexibility index (Phi) is 5.81. The Morgan fingerprint density at radius 3 is 2.54 bits per heavy atom. The zero-order valence-corrected chi connectivity index (χ0v) is 16.6. The Balaban J connectivity index is 1.69. The van der Waals surface area contributed by atoms with Gasteiger partial charge in [-0.3, -0.25) is 20.4 Å². The highest BCUT2D eigenvalue weighted by atomic mass is 32.2. The van der Waals surface area contributed by atoms with E-state index in [0.717, 1.165) is 34.7 Å². The fourth-order valence-electron chi connectivity index (χ4n) is 3.31. The van der Waals surface area contributed by atoms with Gasteiger partial charge in [-0.25, -0.2) is 12.7 Å². The standard InChI is InChI=1S/C20H23N3O4S/c1-23(2)28(26,27)16-10-5-9-15(13-16)19(24)21-22-20(25)18-12-6-8-14-7-3-4-11-17(14)18/h3-5,7,9-11,13,18H,6,8,12H2,1-2H3,(H,21,24)(H,22,25)/t18-/m1/s1. The van der Waals surface area contributed by atoms with Gasteiger partial charge in [-0.2, -0.15) is 0 Å². The van der Waals surface area contributed by atoms with Gasteiger partial charge in [-0.05, 0) is 48.6 Å². The number of hydrogen-bond donors (Lipinski definition) is 2. The molecule has 0 spiro atoms. The summed E-state index contributed by atoms with van der Waals surface area (Å²) in [5.41, 5.74) is 7.15. The van der Waals surface area contributed by atoms with Gasteiger partial charge in [0.15, 0.2) is 0 Å². The number of hydrazine groups is 1. The minimum Gasteiger partial charge on any atom is -0.273 e. The van der Waals surface area contributed by atoms with Gasteiger partial charge in [-0.15, -0.1) is 0 Å². The molecule has 0 heterocycles. The second-order valence-corrected chi connectivity index (χ2v) is 9.05. The lowest BCUT2D eigenvalue weighted by atomic mass is 9.82. The van der Waals surface area contributed by atoms with Crippen molar-refractivity contribution in [1.82, 2.24) is 15.2 Å². The van der Waals surface area contributed by atoms with E-state index in [1.165, 1.54) is 38.4 Å². The number of rotatable bonds is 4. The number of aryl methyl sites for hydroxylation is 1. The van der Waals surface area contributed by atoms with E-state index in [9.17, 15) is 18.0 Å². The maximum atomic E-state index is 12.6. The molecule has 0 aromatic heterocycles. The summed E-state index contributed by atoms with van der Waals surface area (Å²) in [7, 11) is -0.807. The molecule has 0 bridgehead atoms. The third kappa shape index (κ3) is 4.07. The van der Waals surface area contributed by atoms with E-state index in [2.05, 4.69) is 10.9 Å². The predicted octanol–water partition coefficient (Wildman–Crippen LogP) is 1.82. The van der Waals surface area contributed by atoms with Crippen molar-refractivity contribution in [2.45, 2.75) is 30.1 Å². The topological polar surface area (TPSA) is 95.6 Å². The second kappa shape index (κ2) is 8.12. The van der Waals surface area contributed by atoms with Crippen molar-refractivity contribution in [3.05, 3.63) is 65.2 Å². The molecule has 2 aromatic rings. The number of nitrogens with one attached hydrogen (secondary N) is 2. The number of hydrogen-bond acceptors (Lipinski definition) is 4. The number of fused-ring (bicyclic) bond motifs is 1. The smallest absolute Gasteiger partial charge is 0.269 e. The lowest BCUT2D eigenvalue weighted by molar-refractivity contribution is -0.123. The van der Waals surface area contributed by atoms with E-state index < -0.39 is 15.9 Å². The maximum absolute atomic E-state index is 12.6. The number of amides is 2. The Bertz CT molecular complexity index is 1000. The first-order chi connectivity index (χ1) is 13.3. The van der Waals surface area contributed by atoms with Crippen molar-refractivity contribution in [2.24, 2.45) is 0 Å². The van der Waals surface area contributed by atoms with Gasteiger partial charge >= 0.3 is 0 Å². The van der Waals surface area contributed by atoms with E-state index >= 15 is 0 Å². The van der Waals surface area contributed by atoms with Gasteiger partial charge in [0.05, 0.1) is 10.8 Å². The zero-order valence-electron chi connectivity index (χ0n) is 15.8. The first-order valence-electron chi connectivity index (χ1n) is 9.01. The fourth-order valence-corrected chi connectivity index (χ4v) is 4.26. The van der Waals surface area contributed by atoms with E-state index in [0.29, 0.717) is 0 Å². The first-order valence-corrected chi connectivity index (χ1v) is 10.5. The summed E-state index contributed by atoms with van der Waals surface area (Å²) >= 11 is 0. The summed E-state index contributed by atoms with van der Waals surface area (Å²) in [6.45, 7) is 0. The van der Waals surface area contributed by atoms with Crippen molar-refractivity contribution in [1.29, 1.82) is 0 Å². The summed E-state index contributed by atoms with van der Waals surface area (Å²) in [4.78, 5) is 25.0. The van der Waals surface area contributed by atoms with E-state index in [4.69, 9.17) is 0 Å². The van der Waals surface area contributed by atoms with Gasteiger partial charge in [0.2, 0.25) is 15.9 Å². The Hall–Kier alpha value is -2.71. The molecule has 0 fully saturated rings. The van der Waals surface area contributed by atoms with Crippen LogP contribution >= 0.6 is 0 Å². The van der Waals surface area contributed by atoms with Crippen molar-refractivity contribution in [3.63, 3.8) is 0 Å². The molecule has 1 aliphatic carbocycles. The average molecular weight is 401 g/mol. The molecule has 148 valence electrons. The SMILES string of the molecule is CN(C)S(=O)(=O)c1cccc(C(=O)NNC(=O)[C@@H]2CCCc3ccccc32)c1. The van der Waals surface area contributed by atoms with Crippen LogP contribution in [0.1, 0.15) is 40.2 Å². The Morgan fingerprint density at radius 1 is 1.04 bits per heavy atom. The quantitative estimate of drug-likeness (QED) is 0.764. The molecule has 0 saturated carbocycles. The fraction of sp³-hybridized carbons (Fsp3) is 0.300. The third-order valence-corrected chi connectivity index (χ3v) is 6.67. The van der Waals surface area contributed by atoms with E-state index in [-0.39, 0.29) is 22.3 Å². The predicted molar refractivity (Wildman–Crippen MR) is 105 cm³/mol. The first kappa shape index (κ1) is 20.0.